The Kier molecular flexibility index (Phi) is 5.60. The Morgan fingerprint density at radius 2 is 1.70 bits per heavy atom. The fourth-order valence-corrected chi connectivity index (χ4v) is 2.77. The molecule has 1 heterocycles. The first-order valence-electron chi connectivity index (χ1n) is 7.82. The van der Waals surface area contributed by atoms with E-state index in [-0.39, 0.29) is 12.5 Å². The molecule has 1 unspecified atom stereocenters. The van der Waals surface area contributed by atoms with Crippen LogP contribution in [0.25, 0.3) is 0 Å². The number of aryl methyl sites for hydroxylation is 2. The summed E-state index contributed by atoms with van der Waals surface area (Å²) in [5, 5.41) is 9.02. The van der Waals surface area contributed by atoms with Crippen LogP contribution in [0.1, 0.15) is 18.1 Å². The lowest BCUT2D eigenvalue weighted by molar-refractivity contribution is -0.144. The van der Waals surface area contributed by atoms with Crippen LogP contribution in [0.15, 0.2) is 18.2 Å². The third-order valence-corrected chi connectivity index (χ3v) is 4.13. The van der Waals surface area contributed by atoms with E-state index < -0.39 is 12.0 Å². The molecule has 1 aliphatic heterocycles. The fraction of sp³-hybridized carbons (Fsp3) is 0.529. The van der Waals surface area contributed by atoms with E-state index in [1.54, 1.807) is 11.8 Å². The molecule has 126 valence electrons. The van der Waals surface area contributed by atoms with Crippen molar-refractivity contribution in [2.75, 3.05) is 32.8 Å². The maximum absolute atomic E-state index is 12.2. The van der Waals surface area contributed by atoms with Gasteiger partial charge in [-0.2, -0.15) is 0 Å². The van der Waals surface area contributed by atoms with Crippen LogP contribution in [0.4, 0.5) is 0 Å². The summed E-state index contributed by atoms with van der Waals surface area (Å²) < 4.78 is 5.60. The second kappa shape index (κ2) is 7.46. The fourth-order valence-electron chi connectivity index (χ4n) is 2.77. The number of amides is 1. The Balaban J connectivity index is 1.82. The van der Waals surface area contributed by atoms with Crippen molar-refractivity contribution in [1.29, 1.82) is 0 Å². The molecule has 1 aromatic rings. The molecule has 0 saturated carbocycles. The highest BCUT2D eigenvalue weighted by molar-refractivity contribution is 5.78. The van der Waals surface area contributed by atoms with Crippen molar-refractivity contribution in [2.24, 2.45) is 0 Å². The van der Waals surface area contributed by atoms with E-state index in [1.165, 1.54) is 0 Å². The van der Waals surface area contributed by atoms with Gasteiger partial charge in [0.15, 0.2) is 6.61 Å². The van der Waals surface area contributed by atoms with Crippen LogP contribution >= 0.6 is 0 Å². The third kappa shape index (κ3) is 4.69. The van der Waals surface area contributed by atoms with Gasteiger partial charge in [0, 0.05) is 26.2 Å². The predicted molar refractivity (Wildman–Crippen MR) is 86.7 cm³/mol. The molecule has 1 saturated heterocycles. The molecule has 2 rings (SSSR count). The van der Waals surface area contributed by atoms with Crippen molar-refractivity contribution in [1.82, 2.24) is 9.80 Å². The van der Waals surface area contributed by atoms with E-state index in [0.29, 0.717) is 31.9 Å². The number of ether oxygens (including phenoxy) is 1. The lowest BCUT2D eigenvalue weighted by atomic mass is 10.1. The maximum Gasteiger partial charge on any atom is 0.320 e. The van der Waals surface area contributed by atoms with E-state index in [1.807, 2.05) is 30.9 Å². The lowest BCUT2D eigenvalue weighted by Gasteiger charge is -2.36. The monoisotopic (exact) mass is 320 g/mol. The quantitative estimate of drug-likeness (QED) is 0.885. The average Bonchev–Trinajstić information content (AvgIpc) is 2.51. The molecule has 6 nitrogen and oxygen atoms in total. The van der Waals surface area contributed by atoms with Crippen LogP contribution in [-0.2, 0) is 9.59 Å². The number of aliphatic carboxylic acids is 1. The Morgan fingerprint density at radius 3 is 2.22 bits per heavy atom. The largest absolute Gasteiger partial charge is 0.484 e. The summed E-state index contributed by atoms with van der Waals surface area (Å²) in [5.41, 5.74) is 2.20. The van der Waals surface area contributed by atoms with Crippen molar-refractivity contribution in [3.05, 3.63) is 29.3 Å². The topological polar surface area (TPSA) is 70.1 Å². The van der Waals surface area contributed by atoms with Gasteiger partial charge in [-0.05, 0) is 44.0 Å². The molecular weight excluding hydrogens is 296 g/mol. The Bertz CT molecular complexity index is 560. The number of hydrogen-bond acceptors (Lipinski definition) is 4. The van der Waals surface area contributed by atoms with Crippen LogP contribution in [0, 0.1) is 13.8 Å². The number of carboxylic acids is 1. The predicted octanol–water partition coefficient (Wildman–Crippen LogP) is 1.30. The van der Waals surface area contributed by atoms with Crippen molar-refractivity contribution in [3.63, 3.8) is 0 Å². The van der Waals surface area contributed by atoms with Crippen LogP contribution in [0.5, 0.6) is 5.75 Å². The van der Waals surface area contributed by atoms with Gasteiger partial charge in [-0.1, -0.05) is 6.07 Å². The van der Waals surface area contributed by atoms with E-state index in [0.717, 1.165) is 11.1 Å². The molecule has 1 atom stereocenters. The van der Waals surface area contributed by atoms with Crippen LogP contribution in [-0.4, -0.2) is 65.6 Å². The molecule has 0 bridgehead atoms. The van der Waals surface area contributed by atoms with Crippen molar-refractivity contribution >= 4 is 11.9 Å². The second-order valence-electron chi connectivity index (χ2n) is 6.04. The first-order valence-corrected chi connectivity index (χ1v) is 7.82. The highest BCUT2D eigenvalue weighted by Crippen LogP contribution is 2.16. The van der Waals surface area contributed by atoms with Gasteiger partial charge in [0.2, 0.25) is 0 Å². The van der Waals surface area contributed by atoms with Gasteiger partial charge in [0.1, 0.15) is 11.8 Å². The standard InChI is InChI=1S/C17H24N2O4/c1-12-8-13(2)10-15(9-12)23-11-16(20)19-6-4-18(5-7-19)14(3)17(21)22/h8-10,14H,4-7,11H2,1-3H3,(H,21,22). The Morgan fingerprint density at radius 1 is 1.13 bits per heavy atom. The molecule has 1 fully saturated rings. The van der Waals surface area contributed by atoms with Gasteiger partial charge < -0.3 is 14.7 Å². The highest BCUT2D eigenvalue weighted by atomic mass is 16.5. The van der Waals surface area contributed by atoms with Gasteiger partial charge in [0.25, 0.3) is 5.91 Å². The van der Waals surface area contributed by atoms with Gasteiger partial charge >= 0.3 is 5.97 Å². The Hall–Kier alpha value is -2.08. The summed E-state index contributed by atoms with van der Waals surface area (Å²) in [6.45, 7) is 7.88. The summed E-state index contributed by atoms with van der Waals surface area (Å²) in [7, 11) is 0. The normalized spacial score (nSPS) is 16.9. The summed E-state index contributed by atoms with van der Waals surface area (Å²) in [6, 6.07) is 5.36. The minimum atomic E-state index is -0.831. The molecule has 0 spiro atoms. The van der Waals surface area contributed by atoms with Crippen molar-refractivity contribution in [2.45, 2.75) is 26.8 Å². The summed E-state index contributed by atoms with van der Waals surface area (Å²) in [4.78, 5) is 26.8. The maximum atomic E-state index is 12.2. The van der Waals surface area contributed by atoms with Crippen LogP contribution in [0.3, 0.4) is 0 Å². The number of carbonyl (C=O) groups is 2. The minimum Gasteiger partial charge on any atom is -0.484 e. The molecule has 0 aliphatic carbocycles. The van der Waals surface area contributed by atoms with Gasteiger partial charge in [-0.3, -0.25) is 14.5 Å². The second-order valence-corrected chi connectivity index (χ2v) is 6.04. The summed E-state index contributed by atoms with van der Waals surface area (Å²) in [5.74, 6) is -0.191. The van der Waals surface area contributed by atoms with Gasteiger partial charge in [-0.15, -0.1) is 0 Å². The number of nitrogens with zero attached hydrogens (tertiary/aromatic N) is 2. The number of carbonyl (C=O) groups excluding carboxylic acids is 1. The van der Waals surface area contributed by atoms with Gasteiger partial charge in [-0.25, -0.2) is 0 Å². The van der Waals surface area contributed by atoms with Crippen molar-refractivity contribution in [3.8, 4) is 5.75 Å². The number of hydrogen-bond donors (Lipinski definition) is 1. The summed E-state index contributed by atoms with van der Waals surface area (Å²) in [6.07, 6.45) is 0. The zero-order valence-electron chi connectivity index (χ0n) is 13.9. The Labute approximate surface area is 136 Å². The van der Waals surface area contributed by atoms with E-state index >= 15 is 0 Å². The first kappa shape index (κ1) is 17.3. The molecule has 0 radical (unpaired) electrons. The molecule has 23 heavy (non-hydrogen) atoms. The van der Waals surface area contributed by atoms with E-state index in [4.69, 9.17) is 9.84 Å². The van der Waals surface area contributed by atoms with Crippen molar-refractivity contribution < 1.29 is 19.4 Å². The molecule has 0 aromatic heterocycles. The van der Waals surface area contributed by atoms with E-state index in [9.17, 15) is 9.59 Å². The number of piperazine rings is 1. The molecule has 1 amide bonds. The summed E-state index contributed by atoms with van der Waals surface area (Å²) >= 11 is 0. The van der Waals surface area contributed by atoms with E-state index in [2.05, 4.69) is 6.07 Å². The molecule has 6 heteroatoms. The first-order chi connectivity index (χ1) is 10.9. The molecular formula is C17H24N2O4. The molecule has 1 aliphatic rings. The zero-order chi connectivity index (χ0) is 17.0. The number of carboxylic acid groups (broad SMARTS) is 1. The average molecular weight is 320 g/mol. The highest BCUT2D eigenvalue weighted by Gasteiger charge is 2.27. The zero-order valence-corrected chi connectivity index (χ0v) is 13.9. The number of rotatable bonds is 5. The van der Waals surface area contributed by atoms with Gasteiger partial charge in [0.05, 0.1) is 0 Å². The van der Waals surface area contributed by atoms with Crippen LogP contribution < -0.4 is 4.74 Å². The smallest absolute Gasteiger partial charge is 0.320 e. The number of benzene rings is 1. The minimum absolute atomic E-state index is 0.0113. The molecule has 1 aromatic carbocycles. The molecule has 1 N–H and O–H groups in total. The lowest BCUT2D eigenvalue weighted by Crippen LogP contribution is -2.53. The third-order valence-electron chi connectivity index (χ3n) is 4.13. The van der Waals surface area contributed by atoms with Crippen LogP contribution in [0.2, 0.25) is 0 Å². The SMILES string of the molecule is Cc1cc(C)cc(OCC(=O)N2CCN(C(C)C(=O)O)CC2)c1.